The Bertz CT molecular complexity index is 1130. The summed E-state index contributed by atoms with van der Waals surface area (Å²) in [6.07, 6.45) is 0.0956. The third-order valence-electron chi connectivity index (χ3n) is 4.64. The standard InChI is InChI=1S/C17H17N5O6/c1-9(23)21-13(10-4-6-11(7-5-10)22(27)28)8-12(18-21)14-15(24)19(2)17(26)20(3)16(14)25/h4-7,13,24H,8H2,1-3H3. The van der Waals surface area contributed by atoms with Gasteiger partial charge in [-0.3, -0.25) is 28.8 Å². The first-order chi connectivity index (χ1) is 13.1. The summed E-state index contributed by atoms with van der Waals surface area (Å²) in [5.41, 5.74) is -0.956. The highest BCUT2D eigenvalue weighted by molar-refractivity contribution is 6.04. The molecule has 2 aromatic rings. The minimum absolute atomic E-state index is 0.0955. The zero-order valence-electron chi connectivity index (χ0n) is 15.3. The molecule has 11 heteroatoms. The second-order valence-electron chi connectivity index (χ2n) is 6.38. The number of nitro groups is 1. The monoisotopic (exact) mass is 387 g/mol. The van der Waals surface area contributed by atoms with Crippen molar-refractivity contribution in [2.45, 2.75) is 19.4 Å². The van der Waals surface area contributed by atoms with E-state index < -0.39 is 34.0 Å². The lowest BCUT2D eigenvalue weighted by molar-refractivity contribution is -0.384. The molecule has 1 aromatic carbocycles. The lowest BCUT2D eigenvalue weighted by Gasteiger charge is -2.20. The van der Waals surface area contributed by atoms with Gasteiger partial charge in [-0.2, -0.15) is 5.10 Å². The zero-order chi connectivity index (χ0) is 20.7. The number of hydrazone groups is 1. The topological polar surface area (TPSA) is 140 Å². The number of benzene rings is 1. The maximum absolute atomic E-state index is 12.5. The van der Waals surface area contributed by atoms with E-state index in [2.05, 4.69) is 5.10 Å². The SMILES string of the molecule is CC(=O)N1N=C(c2c(O)n(C)c(=O)n(C)c2=O)CC1c1ccc([N+](=O)[O-])cc1. The second-order valence-corrected chi connectivity index (χ2v) is 6.38. The molecule has 1 aliphatic heterocycles. The molecule has 1 aliphatic rings. The summed E-state index contributed by atoms with van der Waals surface area (Å²) in [5.74, 6) is -0.945. The molecule has 1 aromatic heterocycles. The average Bonchev–Trinajstić information content (AvgIpc) is 3.10. The fraction of sp³-hybridized carbons (Fsp3) is 0.294. The summed E-state index contributed by atoms with van der Waals surface area (Å²) in [7, 11) is 2.59. The van der Waals surface area contributed by atoms with Gasteiger partial charge in [0.15, 0.2) is 0 Å². The molecule has 0 radical (unpaired) electrons. The number of nitro benzene ring substituents is 1. The van der Waals surface area contributed by atoms with E-state index in [1.807, 2.05) is 0 Å². The first-order valence-corrected chi connectivity index (χ1v) is 8.24. The number of non-ortho nitro benzene ring substituents is 1. The molecule has 1 N–H and O–H groups in total. The molecule has 0 fully saturated rings. The van der Waals surface area contributed by atoms with E-state index in [4.69, 9.17) is 0 Å². The van der Waals surface area contributed by atoms with E-state index in [1.165, 1.54) is 45.3 Å². The van der Waals surface area contributed by atoms with Crippen LogP contribution in [-0.2, 0) is 18.9 Å². The molecule has 1 unspecified atom stereocenters. The van der Waals surface area contributed by atoms with Crippen LogP contribution in [0.4, 0.5) is 5.69 Å². The Morgan fingerprint density at radius 1 is 1.21 bits per heavy atom. The van der Waals surface area contributed by atoms with Crippen LogP contribution in [0.5, 0.6) is 5.88 Å². The largest absolute Gasteiger partial charge is 0.494 e. The highest BCUT2D eigenvalue weighted by Gasteiger charge is 2.34. The molecule has 146 valence electrons. The maximum atomic E-state index is 12.5. The molecule has 1 atom stereocenters. The van der Waals surface area contributed by atoms with Crippen molar-refractivity contribution < 1.29 is 14.8 Å². The van der Waals surface area contributed by atoms with Crippen LogP contribution in [0.3, 0.4) is 0 Å². The fourth-order valence-electron chi connectivity index (χ4n) is 3.12. The van der Waals surface area contributed by atoms with E-state index in [1.54, 1.807) is 0 Å². The number of aromatic hydroxyl groups is 1. The minimum atomic E-state index is -0.729. The van der Waals surface area contributed by atoms with Crippen molar-refractivity contribution in [3.05, 3.63) is 66.3 Å². The third kappa shape index (κ3) is 2.96. The number of carbonyl (C=O) groups excluding carboxylic acids is 1. The van der Waals surface area contributed by atoms with E-state index in [9.17, 15) is 29.6 Å². The Morgan fingerprint density at radius 3 is 2.36 bits per heavy atom. The van der Waals surface area contributed by atoms with Crippen molar-refractivity contribution in [3.8, 4) is 5.88 Å². The number of rotatable bonds is 3. The molecule has 0 saturated heterocycles. The van der Waals surface area contributed by atoms with Crippen molar-refractivity contribution in [1.82, 2.24) is 14.1 Å². The lowest BCUT2D eigenvalue weighted by Crippen LogP contribution is -2.39. The van der Waals surface area contributed by atoms with Gasteiger partial charge in [-0.15, -0.1) is 0 Å². The van der Waals surface area contributed by atoms with Crippen LogP contribution in [-0.4, -0.2) is 35.8 Å². The average molecular weight is 387 g/mol. The Labute approximate surface area is 157 Å². The predicted molar refractivity (Wildman–Crippen MR) is 98.1 cm³/mol. The van der Waals surface area contributed by atoms with Crippen LogP contribution in [0.1, 0.15) is 30.5 Å². The molecule has 0 aliphatic carbocycles. The van der Waals surface area contributed by atoms with Crippen molar-refractivity contribution in [3.63, 3.8) is 0 Å². The molecule has 1 amide bonds. The maximum Gasteiger partial charge on any atom is 0.333 e. The molecule has 0 saturated carbocycles. The summed E-state index contributed by atoms with van der Waals surface area (Å²) in [6, 6.07) is 5.05. The molecule has 3 rings (SSSR count). The molecule has 28 heavy (non-hydrogen) atoms. The van der Waals surface area contributed by atoms with Gasteiger partial charge >= 0.3 is 5.69 Å². The fourth-order valence-corrected chi connectivity index (χ4v) is 3.12. The van der Waals surface area contributed by atoms with Gasteiger partial charge in [-0.25, -0.2) is 9.80 Å². The number of aromatic nitrogens is 2. The third-order valence-corrected chi connectivity index (χ3v) is 4.64. The van der Waals surface area contributed by atoms with Gasteiger partial charge in [0, 0.05) is 39.6 Å². The normalized spacial score (nSPS) is 16.2. The molecular formula is C17H17N5O6. The van der Waals surface area contributed by atoms with Crippen LogP contribution in [0.2, 0.25) is 0 Å². The molecular weight excluding hydrogens is 370 g/mol. The Balaban J connectivity index is 2.08. The quantitative estimate of drug-likeness (QED) is 0.597. The van der Waals surface area contributed by atoms with E-state index in [-0.39, 0.29) is 23.4 Å². The van der Waals surface area contributed by atoms with Gasteiger partial charge in [0.25, 0.3) is 11.2 Å². The van der Waals surface area contributed by atoms with Crippen LogP contribution >= 0.6 is 0 Å². The zero-order valence-corrected chi connectivity index (χ0v) is 15.3. The van der Waals surface area contributed by atoms with Gasteiger partial charge in [0.05, 0.1) is 16.7 Å². The highest BCUT2D eigenvalue weighted by Crippen LogP contribution is 2.34. The van der Waals surface area contributed by atoms with Crippen molar-refractivity contribution in [2.24, 2.45) is 19.2 Å². The molecule has 0 bridgehead atoms. The van der Waals surface area contributed by atoms with E-state index >= 15 is 0 Å². The van der Waals surface area contributed by atoms with Crippen LogP contribution in [0, 0.1) is 10.1 Å². The summed E-state index contributed by atoms with van der Waals surface area (Å²) in [5, 5.41) is 26.5. The Hall–Kier alpha value is -3.76. The molecule has 11 nitrogen and oxygen atoms in total. The van der Waals surface area contributed by atoms with Crippen LogP contribution in [0.15, 0.2) is 39.0 Å². The van der Waals surface area contributed by atoms with Crippen LogP contribution in [0.25, 0.3) is 0 Å². The molecule has 2 heterocycles. The second kappa shape index (κ2) is 6.76. The minimum Gasteiger partial charge on any atom is -0.494 e. The first kappa shape index (κ1) is 19.0. The predicted octanol–water partition coefficient (Wildman–Crippen LogP) is 0.395. The summed E-state index contributed by atoms with van der Waals surface area (Å²) >= 11 is 0. The van der Waals surface area contributed by atoms with Gasteiger partial charge < -0.3 is 5.11 Å². The van der Waals surface area contributed by atoms with Crippen molar-refractivity contribution in [2.75, 3.05) is 0 Å². The van der Waals surface area contributed by atoms with Crippen molar-refractivity contribution in [1.29, 1.82) is 0 Å². The van der Waals surface area contributed by atoms with Gasteiger partial charge in [-0.05, 0) is 5.56 Å². The number of hydrogen-bond acceptors (Lipinski definition) is 7. The Morgan fingerprint density at radius 2 is 1.82 bits per heavy atom. The number of carbonyl (C=O) groups is 1. The highest BCUT2D eigenvalue weighted by atomic mass is 16.6. The smallest absolute Gasteiger partial charge is 0.333 e. The van der Waals surface area contributed by atoms with Gasteiger partial charge in [0.2, 0.25) is 11.8 Å². The van der Waals surface area contributed by atoms with Gasteiger partial charge in [0.1, 0.15) is 5.56 Å². The lowest BCUT2D eigenvalue weighted by atomic mass is 9.99. The number of nitrogens with zero attached hydrogens (tertiary/aromatic N) is 5. The molecule has 0 spiro atoms. The first-order valence-electron chi connectivity index (χ1n) is 8.24. The van der Waals surface area contributed by atoms with Crippen molar-refractivity contribution >= 4 is 17.3 Å². The number of hydrogen-bond donors (Lipinski definition) is 1. The summed E-state index contributed by atoms with van der Waals surface area (Å²) in [6.45, 7) is 1.30. The van der Waals surface area contributed by atoms with Crippen LogP contribution < -0.4 is 11.2 Å². The number of amides is 1. The van der Waals surface area contributed by atoms with Gasteiger partial charge in [-0.1, -0.05) is 12.1 Å². The summed E-state index contributed by atoms with van der Waals surface area (Å²) < 4.78 is 1.76. The Kier molecular flexibility index (Phi) is 4.59. The van der Waals surface area contributed by atoms with E-state index in [0.29, 0.717) is 5.56 Å². The van der Waals surface area contributed by atoms with E-state index in [0.717, 1.165) is 14.1 Å². The summed E-state index contributed by atoms with van der Waals surface area (Å²) in [4.78, 5) is 46.8.